The lowest BCUT2D eigenvalue weighted by Gasteiger charge is -2.37. The van der Waals surface area contributed by atoms with Crippen molar-refractivity contribution in [1.82, 2.24) is 4.98 Å². The molecule has 7 heteroatoms. The Morgan fingerprint density at radius 2 is 1.84 bits per heavy atom. The van der Waals surface area contributed by atoms with Gasteiger partial charge in [0.1, 0.15) is 6.61 Å². The summed E-state index contributed by atoms with van der Waals surface area (Å²) in [7, 11) is -0.745. The van der Waals surface area contributed by atoms with Gasteiger partial charge in [0.25, 0.3) is 0 Å². The van der Waals surface area contributed by atoms with E-state index in [9.17, 15) is 10.1 Å². The SMILES string of the molecule is COc1cc(C(C#N)O[Si](C)(C)C(C)(C)C)c2c(=O)cc[nH]c2c1OCc1ccccc1. The first-order valence-corrected chi connectivity index (χ1v) is 13.5. The third kappa shape index (κ3) is 4.72. The molecule has 0 amide bonds. The molecule has 0 radical (unpaired) electrons. The average Bonchev–Trinajstić information content (AvgIpc) is 2.75. The number of nitriles is 1. The minimum absolute atomic E-state index is 0.0901. The minimum atomic E-state index is -2.28. The molecule has 3 aromatic rings. The maximum Gasteiger partial charge on any atom is 0.194 e. The molecule has 1 N–H and O–H groups in total. The Balaban J connectivity index is 2.14. The lowest BCUT2D eigenvalue weighted by Crippen LogP contribution is -2.41. The van der Waals surface area contributed by atoms with E-state index in [0.717, 1.165) is 5.56 Å². The van der Waals surface area contributed by atoms with E-state index in [0.29, 0.717) is 34.6 Å². The van der Waals surface area contributed by atoms with E-state index in [4.69, 9.17) is 13.9 Å². The molecule has 168 valence electrons. The standard InChI is InChI=1S/C25H30N2O4Si/c1-25(2,3)32(5,6)31-21(15-26)18-14-20(29-4)24(23-22(18)19(28)12-13-27-23)30-16-17-10-8-7-9-11-17/h7-14,21H,16H2,1-6H3,(H,27,28). The van der Waals surface area contributed by atoms with Crippen molar-refractivity contribution in [2.45, 2.75) is 51.6 Å². The summed E-state index contributed by atoms with van der Waals surface area (Å²) in [6.45, 7) is 10.8. The Labute approximate surface area is 189 Å². The Morgan fingerprint density at radius 3 is 2.44 bits per heavy atom. The van der Waals surface area contributed by atoms with Gasteiger partial charge in [0.2, 0.25) is 0 Å². The Morgan fingerprint density at radius 1 is 1.16 bits per heavy atom. The van der Waals surface area contributed by atoms with Crippen molar-refractivity contribution in [3.05, 3.63) is 70.0 Å². The summed E-state index contributed by atoms with van der Waals surface area (Å²) in [4.78, 5) is 16.1. The molecule has 2 aromatic carbocycles. The largest absolute Gasteiger partial charge is 0.493 e. The van der Waals surface area contributed by atoms with Crippen LogP contribution in [0.4, 0.5) is 0 Å². The van der Waals surface area contributed by atoms with Crippen LogP contribution in [-0.2, 0) is 11.0 Å². The highest BCUT2D eigenvalue weighted by Crippen LogP contribution is 2.43. The van der Waals surface area contributed by atoms with Crippen LogP contribution in [0, 0.1) is 11.3 Å². The molecule has 0 bridgehead atoms. The number of fused-ring (bicyclic) bond motifs is 1. The summed E-state index contributed by atoms with van der Waals surface area (Å²) in [5.41, 5.74) is 1.75. The van der Waals surface area contributed by atoms with Crippen molar-refractivity contribution in [3.8, 4) is 17.6 Å². The number of rotatable bonds is 7. The zero-order chi connectivity index (χ0) is 23.5. The van der Waals surface area contributed by atoms with E-state index >= 15 is 0 Å². The summed E-state index contributed by atoms with van der Waals surface area (Å²) in [6, 6.07) is 15.1. The van der Waals surface area contributed by atoms with Gasteiger partial charge < -0.3 is 18.9 Å². The summed E-state index contributed by atoms with van der Waals surface area (Å²) in [5, 5.41) is 10.3. The van der Waals surface area contributed by atoms with Crippen molar-refractivity contribution in [2.24, 2.45) is 0 Å². The second-order valence-corrected chi connectivity index (χ2v) is 14.0. The number of benzene rings is 2. The zero-order valence-electron chi connectivity index (χ0n) is 19.5. The third-order valence-corrected chi connectivity index (χ3v) is 10.5. The molecule has 1 aromatic heterocycles. The van der Waals surface area contributed by atoms with Gasteiger partial charge in [-0.2, -0.15) is 5.26 Å². The van der Waals surface area contributed by atoms with Crippen molar-refractivity contribution in [1.29, 1.82) is 5.26 Å². The third-order valence-electron chi connectivity index (χ3n) is 6.05. The lowest BCUT2D eigenvalue weighted by molar-refractivity contribution is 0.236. The van der Waals surface area contributed by atoms with Crippen LogP contribution in [0.3, 0.4) is 0 Å². The van der Waals surface area contributed by atoms with E-state index in [-0.39, 0.29) is 10.5 Å². The van der Waals surface area contributed by atoms with Gasteiger partial charge in [-0.25, -0.2) is 0 Å². The molecule has 0 fully saturated rings. The van der Waals surface area contributed by atoms with Crippen LogP contribution in [0.2, 0.25) is 18.1 Å². The minimum Gasteiger partial charge on any atom is -0.493 e. The number of aromatic nitrogens is 1. The molecular formula is C25H30N2O4Si. The number of hydrogen-bond donors (Lipinski definition) is 1. The number of nitrogens with zero attached hydrogens (tertiary/aromatic N) is 1. The van der Waals surface area contributed by atoms with Gasteiger partial charge in [0.05, 0.1) is 24.1 Å². The lowest BCUT2D eigenvalue weighted by atomic mass is 10.0. The van der Waals surface area contributed by atoms with Crippen molar-refractivity contribution in [3.63, 3.8) is 0 Å². The molecule has 1 unspecified atom stereocenters. The van der Waals surface area contributed by atoms with Crippen LogP contribution in [0.1, 0.15) is 38.0 Å². The zero-order valence-corrected chi connectivity index (χ0v) is 20.5. The Kier molecular flexibility index (Phi) is 6.77. The second-order valence-electron chi connectivity index (χ2n) is 9.25. The average molecular weight is 451 g/mol. The van der Waals surface area contributed by atoms with Crippen molar-refractivity contribution in [2.75, 3.05) is 7.11 Å². The van der Waals surface area contributed by atoms with E-state index in [2.05, 4.69) is 44.9 Å². The predicted octanol–water partition coefficient (Wildman–Crippen LogP) is 5.70. The van der Waals surface area contributed by atoms with E-state index in [1.54, 1.807) is 12.3 Å². The number of hydrogen-bond acceptors (Lipinski definition) is 5. The molecule has 6 nitrogen and oxygen atoms in total. The molecule has 0 aliphatic rings. The van der Waals surface area contributed by atoms with Crippen molar-refractivity contribution < 1.29 is 13.9 Å². The maximum atomic E-state index is 12.9. The molecule has 0 aliphatic heterocycles. The van der Waals surface area contributed by atoms with Gasteiger partial charge in [-0.15, -0.1) is 0 Å². The molecule has 0 aliphatic carbocycles. The highest BCUT2D eigenvalue weighted by Gasteiger charge is 2.40. The van der Waals surface area contributed by atoms with Gasteiger partial charge in [-0.3, -0.25) is 4.79 Å². The first-order valence-electron chi connectivity index (χ1n) is 10.6. The first-order chi connectivity index (χ1) is 15.1. The predicted molar refractivity (Wildman–Crippen MR) is 129 cm³/mol. The summed E-state index contributed by atoms with van der Waals surface area (Å²) < 4.78 is 18.1. The van der Waals surface area contributed by atoms with E-state index < -0.39 is 14.4 Å². The Hall–Kier alpha value is -3.08. The molecule has 3 rings (SSSR count). The number of aromatic amines is 1. The Bertz CT molecular complexity index is 1190. The van der Waals surface area contributed by atoms with Gasteiger partial charge in [0.15, 0.2) is 31.3 Å². The highest BCUT2D eigenvalue weighted by atomic mass is 28.4. The number of methoxy groups -OCH3 is 1. The van der Waals surface area contributed by atoms with Crippen LogP contribution in [0.5, 0.6) is 11.5 Å². The van der Waals surface area contributed by atoms with Crippen LogP contribution in [0.15, 0.2) is 53.5 Å². The second kappa shape index (κ2) is 9.19. The summed E-state index contributed by atoms with van der Waals surface area (Å²) in [6.07, 6.45) is 0.665. The molecule has 0 saturated heterocycles. The number of ether oxygens (including phenoxy) is 2. The topological polar surface area (TPSA) is 84.3 Å². The summed E-state index contributed by atoms with van der Waals surface area (Å²) >= 11 is 0. The molecule has 1 heterocycles. The fourth-order valence-electron chi connectivity index (χ4n) is 3.21. The smallest absolute Gasteiger partial charge is 0.194 e. The fraction of sp³-hybridized carbons (Fsp3) is 0.360. The molecule has 1 atom stereocenters. The number of pyridine rings is 1. The van der Waals surface area contributed by atoms with Crippen LogP contribution in [-0.4, -0.2) is 20.4 Å². The quantitative estimate of drug-likeness (QED) is 0.467. The first kappa shape index (κ1) is 23.6. The van der Waals surface area contributed by atoms with Crippen LogP contribution >= 0.6 is 0 Å². The van der Waals surface area contributed by atoms with Gasteiger partial charge in [0, 0.05) is 17.8 Å². The maximum absolute atomic E-state index is 12.9. The number of nitrogens with one attached hydrogen (secondary N) is 1. The molecule has 0 spiro atoms. The normalized spacial score (nSPS) is 12.9. The number of H-pyrrole nitrogens is 1. The molecule has 0 saturated carbocycles. The highest BCUT2D eigenvalue weighted by molar-refractivity contribution is 6.74. The van der Waals surface area contributed by atoms with Gasteiger partial charge in [-0.05, 0) is 29.8 Å². The van der Waals surface area contributed by atoms with E-state index in [1.165, 1.54) is 13.2 Å². The van der Waals surface area contributed by atoms with Crippen LogP contribution < -0.4 is 14.9 Å². The van der Waals surface area contributed by atoms with Crippen LogP contribution in [0.25, 0.3) is 10.9 Å². The molecule has 32 heavy (non-hydrogen) atoms. The van der Waals surface area contributed by atoms with E-state index in [1.807, 2.05) is 30.3 Å². The summed E-state index contributed by atoms with van der Waals surface area (Å²) in [5.74, 6) is 0.862. The molecular weight excluding hydrogens is 420 g/mol. The monoisotopic (exact) mass is 450 g/mol. The van der Waals surface area contributed by atoms with Crippen molar-refractivity contribution >= 4 is 19.2 Å². The van der Waals surface area contributed by atoms with Gasteiger partial charge in [-0.1, -0.05) is 51.1 Å². The van der Waals surface area contributed by atoms with Gasteiger partial charge >= 0.3 is 0 Å². The fourth-order valence-corrected chi connectivity index (χ4v) is 4.33.